The highest BCUT2D eigenvalue weighted by atomic mass is 16.5. The topological polar surface area (TPSA) is 62.7 Å². The molecular formula is C25H27N3O3. The van der Waals surface area contributed by atoms with Gasteiger partial charge in [0.1, 0.15) is 5.60 Å². The Balaban J connectivity index is 1.39. The van der Waals surface area contributed by atoms with Crippen LogP contribution in [-0.4, -0.2) is 47.0 Å². The molecule has 160 valence electrons. The van der Waals surface area contributed by atoms with Gasteiger partial charge in [-0.3, -0.25) is 14.6 Å². The molecule has 2 aromatic rings. The molecule has 1 aromatic heterocycles. The molecule has 5 rings (SSSR count). The predicted molar refractivity (Wildman–Crippen MR) is 117 cm³/mol. The third kappa shape index (κ3) is 3.17. The summed E-state index contributed by atoms with van der Waals surface area (Å²) >= 11 is 0. The summed E-state index contributed by atoms with van der Waals surface area (Å²) < 4.78 is 6.27. The van der Waals surface area contributed by atoms with Gasteiger partial charge in [0.25, 0.3) is 0 Å². The average molecular weight is 418 g/mol. The smallest absolute Gasteiger partial charge is 0.234 e. The van der Waals surface area contributed by atoms with Crippen molar-refractivity contribution in [2.24, 2.45) is 11.8 Å². The summed E-state index contributed by atoms with van der Waals surface area (Å²) in [6.07, 6.45) is 5.31. The van der Waals surface area contributed by atoms with Crippen LogP contribution in [0.1, 0.15) is 31.0 Å². The van der Waals surface area contributed by atoms with Crippen LogP contribution in [-0.2, 0) is 20.9 Å². The highest BCUT2D eigenvalue weighted by molar-refractivity contribution is 6.03. The third-order valence-electron chi connectivity index (χ3n) is 6.76. The first-order chi connectivity index (χ1) is 14.9. The van der Waals surface area contributed by atoms with Gasteiger partial charge in [0.2, 0.25) is 11.8 Å². The van der Waals surface area contributed by atoms with E-state index in [0.717, 1.165) is 11.4 Å². The van der Waals surface area contributed by atoms with Gasteiger partial charge >= 0.3 is 0 Å². The van der Waals surface area contributed by atoms with E-state index in [1.54, 1.807) is 23.0 Å². The molecule has 2 amide bonds. The zero-order valence-electron chi connectivity index (χ0n) is 18.1. The van der Waals surface area contributed by atoms with Crippen molar-refractivity contribution in [3.05, 3.63) is 72.1 Å². The zero-order chi connectivity index (χ0) is 21.8. The van der Waals surface area contributed by atoms with Crippen LogP contribution in [0.5, 0.6) is 0 Å². The van der Waals surface area contributed by atoms with Gasteiger partial charge < -0.3 is 14.5 Å². The normalized spacial score (nSPS) is 28.5. The summed E-state index contributed by atoms with van der Waals surface area (Å²) in [5.41, 5.74) is 2.18. The lowest BCUT2D eigenvalue weighted by Crippen LogP contribution is -2.44. The van der Waals surface area contributed by atoms with E-state index >= 15 is 0 Å². The lowest BCUT2D eigenvalue weighted by molar-refractivity contribution is -0.139. The molecule has 2 unspecified atom stereocenters. The van der Waals surface area contributed by atoms with E-state index in [0.29, 0.717) is 19.0 Å². The molecule has 4 atom stereocenters. The molecule has 0 radical (unpaired) electrons. The van der Waals surface area contributed by atoms with Crippen molar-refractivity contribution >= 4 is 17.5 Å². The summed E-state index contributed by atoms with van der Waals surface area (Å²) in [6.45, 7) is 5.14. The minimum Gasteiger partial charge on any atom is -0.360 e. The molecule has 3 aliphatic heterocycles. The van der Waals surface area contributed by atoms with Crippen molar-refractivity contribution < 1.29 is 14.3 Å². The maximum Gasteiger partial charge on any atom is 0.234 e. The van der Waals surface area contributed by atoms with Crippen LogP contribution in [0.2, 0.25) is 0 Å². The number of carbonyl (C=O) groups excluding carboxylic acids is 2. The van der Waals surface area contributed by atoms with Crippen LogP contribution in [0.3, 0.4) is 0 Å². The predicted octanol–water partition coefficient (Wildman–Crippen LogP) is 3.15. The van der Waals surface area contributed by atoms with Gasteiger partial charge in [0.05, 0.1) is 36.7 Å². The van der Waals surface area contributed by atoms with E-state index in [4.69, 9.17) is 4.74 Å². The number of carbonyl (C=O) groups is 2. The standard InChI is InChI=1S/C25H27N3O3/c1-16(2)17-7-9-19(10-8-17)28-15-25-12-11-20(31-25)21(22(25)24(28)30)23(29)27(3)14-18-6-4-5-13-26-18/h4-13,16,20-22H,14-15H2,1-3H3/t20-,21?,22?,25-/m1/s1. The first-order valence-corrected chi connectivity index (χ1v) is 10.8. The van der Waals surface area contributed by atoms with Crippen molar-refractivity contribution in [3.63, 3.8) is 0 Å². The number of anilines is 1. The second-order valence-corrected chi connectivity index (χ2v) is 9.09. The Bertz CT molecular complexity index is 1030. The lowest BCUT2D eigenvalue weighted by Gasteiger charge is -2.27. The number of ether oxygens (including phenoxy) is 1. The number of fused-ring (bicyclic) bond motifs is 1. The van der Waals surface area contributed by atoms with Crippen molar-refractivity contribution in [3.8, 4) is 0 Å². The second kappa shape index (κ2) is 7.31. The molecule has 6 heteroatoms. The van der Waals surface area contributed by atoms with Gasteiger partial charge in [-0.25, -0.2) is 0 Å². The zero-order valence-corrected chi connectivity index (χ0v) is 18.1. The second-order valence-electron chi connectivity index (χ2n) is 9.09. The van der Waals surface area contributed by atoms with Gasteiger partial charge in [0, 0.05) is 18.9 Å². The van der Waals surface area contributed by atoms with Crippen LogP contribution in [0.15, 0.2) is 60.8 Å². The number of pyridine rings is 1. The molecule has 3 aliphatic rings. The highest BCUT2D eigenvalue weighted by Gasteiger charge is 2.67. The summed E-state index contributed by atoms with van der Waals surface area (Å²) in [5.74, 6) is -0.678. The third-order valence-corrected chi connectivity index (χ3v) is 6.76. The summed E-state index contributed by atoms with van der Waals surface area (Å²) in [7, 11) is 1.77. The Morgan fingerprint density at radius 1 is 1.26 bits per heavy atom. The number of benzene rings is 1. The van der Waals surface area contributed by atoms with E-state index in [1.165, 1.54) is 5.56 Å². The minimum absolute atomic E-state index is 0.0336. The fourth-order valence-electron chi connectivity index (χ4n) is 5.10. The number of hydrogen-bond acceptors (Lipinski definition) is 4. The van der Waals surface area contributed by atoms with E-state index in [1.807, 2.05) is 42.5 Å². The Hall–Kier alpha value is -2.99. The van der Waals surface area contributed by atoms with Crippen molar-refractivity contribution in [2.45, 2.75) is 38.0 Å². The van der Waals surface area contributed by atoms with E-state index in [2.05, 4.69) is 31.0 Å². The molecule has 0 saturated carbocycles. The largest absolute Gasteiger partial charge is 0.360 e. The van der Waals surface area contributed by atoms with E-state index in [-0.39, 0.29) is 17.9 Å². The number of hydrogen-bond donors (Lipinski definition) is 0. The fraction of sp³-hybridized carbons (Fsp3) is 0.400. The Morgan fingerprint density at radius 3 is 2.71 bits per heavy atom. The molecule has 4 heterocycles. The van der Waals surface area contributed by atoms with Crippen LogP contribution in [0, 0.1) is 11.8 Å². The summed E-state index contributed by atoms with van der Waals surface area (Å²) in [5, 5.41) is 0. The first-order valence-electron chi connectivity index (χ1n) is 10.8. The molecule has 1 aromatic carbocycles. The van der Waals surface area contributed by atoms with E-state index in [9.17, 15) is 9.59 Å². The molecule has 6 nitrogen and oxygen atoms in total. The fourth-order valence-corrected chi connectivity index (χ4v) is 5.10. The molecule has 0 aliphatic carbocycles. The van der Waals surface area contributed by atoms with Crippen molar-refractivity contribution in [1.29, 1.82) is 0 Å². The monoisotopic (exact) mass is 417 g/mol. The number of rotatable bonds is 5. The van der Waals surface area contributed by atoms with Gasteiger partial charge in [-0.2, -0.15) is 0 Å². The molecule has 1 spiro atoms. The molecule has 2 fully saturated rings. The molecule has 31 heavy (non-hydrogen) atoms. The number of aromatic nitrogens is 1. The Kier molecular flexibility index (Phi) is 4.70. The van der Waals surface area contributed by atoms with Crippen LogP contribution in [0.4, 0.5) is 5.69 Å². The maximum absolute atomic E-state index is 13.5. The SMILES string of the molecule is CC(C)c1ccc(N2C[C@@]34C=C[C@@H](O3)C(C(=O)N(C)Cc3ccccn3)C4C2=O)cc1. The quantitative estimate of drug-likeness (QED) is 0.701. The van der Waals surface area contributed by atoms with Crippen molar-refractivity contribution in [1.82, 2.24) is 9.88 Å². The summed E-state index contributed by atoms with van der Waals surface area (Å²) in [4.78, 5) is 34.7. The lowest BCUT2D eigenvalue weighted by atomic mass is 9.76. The highest BCUT2D eigenvalue weighted by Crippen LogP contribution is 2.53. The van der Waals surface area contributed by atoms with Crippen molar-refractivity contribution in [2.75, 3.05) is 18.5 Å². The molecular weight excluding hydrogens is 390 g/mol. The minimum atomic E-state index is -0.718. The van der Waals surface area contributed by atoms with Crippen LogP contribution >= 0.6 is 0 Å². The maximum atomic E-state index is 13.5. The van der Waals surface area contributed by atoms with Gasteiger partial charge in [-0.1, -0.05) is 44.2 Å². The molecule has 0 N–H and O–H groups in total. The Labute approximate surface area is 182 Å². The van der Waals surface area contributed by atoms with Gasteiger partial charge in [0.15, 0.2) is 0 Å². The molecule has 2 saturated heterocycles. The first kappa shape index (κ1) is 19.9. The van der Waals surface area contributed by atoms with Crippen LogP contribution in [0.25, 0.3) is 0 Å². The van der Waals surface area contributed by atoms with E-state index < -0.39 is 17.4 Å². The average Bonchev–Trinajstić information content (AvgIpc) is 3.42. The van der Waals surface area contributed by atoms with Crippen LogP contribution < -0.4 is 4.90 Å². The van der Waals surface area contributed by atoms with Gasteiger partial charge in [-0.15, -0.1) is 0 Å². The number of amides is 2. The van der Waals surface area contributed by atoms with Gasteiger partial charge in [-0.05, 0) is 35.7 Å². The molecule has 2 bridgehead atoms. The number of nitrogens with zero attached hydrogens (tertiary/aromatic N) is 3. The Morgan fingerprint density at radius 2 is 2.03 bits per heavy atom. The summed E-state index contributed by atoms with van der Waals surface area (Å²) in [6, 6.07) is 13.8.